The Morgan fingerprint density at radius 3 is 2.47 bits per heavy atom. The first-order chi connectivity index (χ1) is 14.3. The summed E-state index contributed by atoms with van der Waals surface area (Å²) in [5.41, 5.74) is 1.14. The van der Waals surface area contributed by atoms with Crippen LogP contribution in [0.25, 0.3) is 10.8 Å². The lowest BCUT2D eigenvalue weighted by atomic mass is 10.1. The van der Waals surface area contributed by atoms with Crippen molar-refractivity contribution in [1.29, 1.82) is 0 Å². The van der Waals surface area contributed by atoms with Crippen LogP contribution in [0.4, 0.5) is 5.69 Å². The lowest BCUT2D eigenvalue weighted by Crippen LogP contribution is -2.37. The Morgan fingerprint density at radius 2 is 1.77 bits per heavy atom. The third kappa shape index (κ3) is 4.85. The van der Waals surface area contributed by atoms with E-state index in [1.54, 1.807) is 0 Å². The molecule has 0 aliphatic heterocycles. The molecule has 0 aliphatic rings. The van der Waals surface area contributed by atoms with Crippen molar-refractivity contribution >= 4 is 44.2 Å². The minimum absolute atomic E-state index is 0.00724. The van der Waals surface area contributed by atoms with E-state index in [0.29, 0.717) is 5.75 Å². The van der Waals surface area contributed by atoms with Crippen molar-refractivity contribution in [3.63, 3.8) is 0 Å². The molecule has 0 N–H and O–H groups in total. The minimum atomic E-state index is -3.89. The van der Waals surface area contributed by atoms with Gasteiger partial charge >= 0.3 is 0 Å². The molecule has 158 valence electrons. The van der Waals surface area contributed by atoms with E-state index in [2.05, 4.69) is 4.98 Å². The van der Waals surface area contributed by atoms with Gasteiger partial charge in [0, 0.05) is 11.8 Å². The van der Waals surface area contributed by atoms with E-state index in [1.165, 1.54) is 38.1 Å². The molecule has 0 bridgehead atoms. The number of aromatic nitrogens is 1. The highest BCUT2D eigenvalue weighted by atomic mass is 32.2. The van der Waals surface area contributed by atoms with Gasteiger partial charge in [-0.15, -0.1) is 11.8 Å². The molecule has 30 heavy (non-hydrogen) atoms. The summed E-state index contributed by atoms with van der Waals surface area (Å²) in [6.07, 6.45) is 0.976. The van der Waals surface area contributed by atoms with E-state index in [1.807, 2.05) is 42.5 Å². The first-order valence-electron chi connectivity index (χ1n) is 9.01. The normalized spacial score (nSPS) is 11.3. The third-order valence-electron chi connectivity index (χ3n) is 4.36. The van der Waals surface area contributed by atoms with Gasteiger partial charge in [-0.2, -0.15) is 4.98 Å². The second kappa shape index (κ2) is 9.36. The number of anilines is 1. The van der Waals surface area contributed by atoms with Crippen LogP contribution in [0, 0.1) is 0 Å². The summed E-state index contributed by atoms with van der Waals surface area (Å²) in [6, 6.07) is 16.9. The number of carbonyl (C=O) groups is 1. The predicted octanol–water partition coefficient (Wildman–Crippen LogP) is 3.48. The van der Waals surface area contributed by atoms with Gasteiger partial charge in [-0.1, -0.05) is 42.5 Å². The Kier molecular flexibility index (Phi) is 6.84. The van der Waals surface area contributed by atoms with Crippen molar-refractivity contribution in [2.75, 3.05) is 30.5 Å². The Morgan fingerprint density at radius 1 is 1.03 bits per heavy atom. The average molecular weight is 447 g/mol. The van der Waals surface area contributed by atoms with Crippen LogP contribution in [0.1, 0.15) is 5.56 Å². The van der Waals surface area contributed by atoms with Gasteiger partial charge in [-0.05, 0) is 22.4 Å². The largest absolute Gasteiger partial charge is 0.481 e. The summed E-state index contributed by atoms with van der Waals surface area (Å²) >= 11 is 1.35. The van der Waals surface area contributed by atoms with E-state index in [-0.39, 0.29) is 23.2 Å². The Hall–Kier alpha value is -2.78. The van der Waals surface area contributed by atoms with Gasteiger partial charge in [-0.3, -0.25) is 4.79 Å². The van der Waals surface area contributed by atoms with Crippen LogP contribution >= 0.6 is 11.8 Å². The fourth-order valence-electron chi connectivity index (χ4n) is 3.06. The monoisotopic (exact) mass is 446 g/mol. The maximum absolute atomic E-state index is 12.9. The number of sulfonamides is 1. The van der Waals surface area contributed by atoms with Crippen molar-refractivity contribution in [3.8, 4) is 11.8 Å². The van der Waals surface area contributed by atoms with Crippen molar-refractivity contribution in [3.05, 3.63) is 60.2 Å². The number of amides is 1. The molecule has 0 saturated heterocycles. The number of pyridine rings is 1. The molecular weight excluding hydrogens is 424 g/mol. The number of hydrogen-bond donors (Lipinski definition) is 0. The molecule has 0 atom stereocenters. The zero-order chi connectivity index (χ0) is 21.7. The molecule has 3 aromatic rings. The van der Waals surface area contributed by atoms with Gasteiger partial charge in [-0.25, -0.2) is 12.7 Å². The number of nitrogens with zero attached hydrogens (tertiary/aromatic N) is 2. The van der Waals surface area contributed by atoms with E-state index in [9.17, 15) is 13.2 Å². The number of thioether (sulfide) groups is 1. The summed E-state index contributed by atoms with van der Waals surface area (Å²) in [6.45, 7) is 0. The zero-order valence-corrected chi connectivity index (χ0v) is 18.5. The minimum Gasteiger partial charge on any atom is -0.481 e. The number of methoxy groups -OCH3 is 2. The molecule has 0 unspecified atom stereocenters. The molecule has 0 aliphatic carbocycles. The molecule has 1 aromatic heterocycles. The Labute approximate surface area is 180 Å². The SMILES string of the molecule is COc1ccc(N(C(=O)CSCc2cccc3ccccc23)S(C)(=O)=O)c(OC)n1. The molecule has 3 rings (SSSR count). The van der Waals surface area contributed by atoms with Gasteiger partial charge < -0.3 is 9.47 Å². The lowest BCUT2D eigenvalue weighted by molar-refractivity contribution is -0.115. The Balaban J connectivity index is 1.80. The van der Waals surface area contributed by atoms with Crippen LogP contribution in [-0.2, 0) is 20.6 Å². The zero-order valence-electron chi connectivity index (χ0n) is 16.9. The molecule has 1 amide bonds. The fourth-order valence-corrected chi connectivity index (χ4v) is 4.95. The Bertz CT molecular complexity index is 1160. The molecule has 0 saturated carbocycles. The van der Waals surface area contributed by atoms with E-state index in [4.69, 9.17) is 9.47 Å². The summed E-state index contributed by atoms with van der Waals surface area (Å²) in [5, 5.41) is 2.23. The molecule has 7 nitrogen and oxygen atoms in total. The maximum Gasteiger partial charge on any atom is 0.250 e. The number of benzene rings is 2. The van der Waals surface area contributed by atoms with Crippen LogP contribution in [0.5, 0.6) is 11.8 Å². The second-order valence-corrected chi connectivity index (χ2v) is 9.25. The first kappa shape index (κ1) is 21.9. The quantitative estimate of drug-likeness (QED) is 0.524. The molecule has 9 heteroatoms. The van der Waals surface area contributed by atoms with Crippen LogP contribution in [0.2, 0.25) is 0 Å². The topological polar surface area (TPSA) is 85.8 Å². The summed E-state index contributed by atoms with van der Waals surface area (Å²) in [4.78, 5) is 17.0. The predicted molar refractivity (Wildman–Crippen MR) is 120 cm³/mol. The number of fused-ring (bicyclic) bond motifs is 1. The van der Waals surface area contributed by atoms with Gasteiger partial charge in [0.2, 0.25) is 21.8 Å². The number of carbonyl (C=O) groups excluding carboxylic acids is 1. The fraction of sp³-hybridized carbons (Fsp3) is 0.238. The van der Waals surface area contributed by atoms with E-state index in [0.717, 1.165) is 26.9 Å². The highest BCUT2D eigenvalue weighted by Gasteiger charge is 2.29. The van der Waals surface area contributed by atoms with E-state index < -0.39 is 15.9 Å². The smallest absolute Gasteiger partial charge is 0.250 e. The van der Waals surface area contributed by atoms with Crippen molar-refractivity contribution in [2.24, 2.45) is 0 Å². The highest BCUT2D eigenvalue weighted by Crippen LogP contribution is 2.31. The van der Waals surface area contributed by atoms with Crippen LogP contribution in [-0.4, -0.2) is 45.5 Å². The molecule has 0 radical (unpaired) electrons. The lowest BCUT2D eigenvalue weighted by Gasteiger charge is -2.22. The average Bonchev–Trinajstić information content (AvgIpc) is 2.73. The molecule has 0 spiro atoms. The standard InChI is InChI=1S/C21H22N2O5S2/c1-27-19-12-11-18(21(22-19)28-2)23(30(3,25)26)20(24)14-29-13-16-9-6-8-15-7-4-5-10-17(15)16/h4-12H,13-14H2,1-3H3. The first-order valence-corrected chi connectivity index (χ1v) is 12.0. The van der Waals surface area contributed by atoms with E-state index >= 15 is 0 Å². The van der Waals surface area contributed by atoms with Crippen LogP contribution in [0.3, 0.4) is 0 Å². The van der Waals surface area contributed by atoms with Gasteiger partial charge in [0.15, 0.2) is 0 Å². The molecule has 2 aromatic carbocycles. The van der Waals surface area contributed by atoms with Crippen molar-refractivity contribution in [2.45, 2.75) is 5.75 Å². The van der Waals surface area contributed by atoms with Crippen LogP contribution < -0.4 is 13.8 Å². The van der Waals surface area contributed by atoms with Crippen molar-refractivity contribution in [1.82, 2.24) is 4.98 Å². The van der Waals surface area contributed by atoms with Gasteiger partial charge in [0.25, 0.3) is 5.91 Å². The van der Waals surface area contributed by atoms with Gasteiger partial charge in [0.1, 0.15) is 5.69 Å². The molecular formula is C21H22N2O5S2. The second-order valence-electron chi connectivity index (χ2n) is 6.43. The van der Waals surface area contributed by atoms with Crippen LogP contribution in [0.15, 0.2) is 54.6 Å². The number of ether oxygens (including phenoxy) is 2. The van der Waals surface area contributed by atoms with Gasteiger partial charge in [0.05, 0.1) is 26.2 Å². The highest BCUT2D eigenvalue weighted by molar-refractivity contribution is 7.99. The molecule has 0 fully saturated rings. The maximum atomic E-state index is 12.9. The number of rotatable bonds is 8. The molecule has 1 heterocycles. The summed E-state index contributed by atoms with van der Waals surface area (Å²) in [7, 11) is -1.10. The summed E-state index contributed by atoms with van der Waals surface area (Å²) < 4.78 is 35.7. The third-order valence-corrected chi connectivity index (χ3v) is 6.39. The van der Waals surface area contributed by atoms with Crippen molar-refractivity contribution < 1.29 is 22.7 Å². The number of hydrogen-bond acceptors (Lipinski definition) is 7. The summed E-state index contributed by atoms with van der Waals surface area (Å²) in [5.74, 6) is 0.218.